The fraction of sp³-hybridized carbons (Fsp3) is 0.125. The number of hydrogen-bond donors (Lipinski definition) is 0. The van der Waals surface area contributed by atoms with Crippen molar-refractivity contribution in [3.05, 3.63) is 59.2 Å². The molecule has 0 aliphatic carbocycles. The van der Waals surface area contributed by atoms with E-state index in [2.05, 4.69) is 11.8 Å². The van der Waals surface area contributed by atoms with E-state index in [1.807, 2.05) is 19.1 Å². The minimum Gasteiger partial charge on any atom is -0.203 e. The lowest BCUT2D eigenvalue weighted by molar-refractivity contribution is 0.509. The van der Waals surface area contributed by atoms with E-state index in [0.717, 1.165) is 5.56 Å². The fourth-order valence-electron chi connectivity index (χ4n) is 1.74. The summed E-state index contributed by atoms with van der Waals surface area (Å²) in [7, 11) is 0. The third kappa shape index (κ3) is 2.26. The topological polar surface area (TPSA) is 0 Å². The Hall–Kier alpha value is -2.14. The van der Waals surface area contributed by atoms with Crippen molar-refractivity contribution in [3.8, 4) is 23.0 Å². The molecule has 0 unspecified atom stereocenters. The van der Waals surface area contributed by atoms with Crippen LogP contribution in [0, 0.1) is 30.4 Å². The molecule has 0 radical (unpaired) electrons. The van der Waals surface area contributed by atoms with Crippen LogP contribution in [-0.2, 0) is 0 Å². The highest BCUT2D eigenvalue weighted by Gasteiger charge is 2.13. The van der Waals surface area contributed by atoms with Gasteiger partial charge in [0, 0.05) is 5.56 Å². The molecule has 0 N–H and O–H groups in total. The summed E-state index contributed by atoms with van der Waals surface area (Å²) < 4.78 is 27.7. The molecule has 0 nitrogen and oxygen atoms in total. The molecule has 0 spiro atoms. The van der Waals surface area contributed by atoms with E-state index < -0.39 is 11.6 Å². The summed E-state index contributed by atoms with van der Waals surface area (Å²) >= 11 is 0. The van der Waals surface area contributed by atoms with Crippen LogP contribution in [0.3, 0.4) is 0 Å². The molecule has 0 atom stereocenters. The van der Waals surface area contributed by atoms with Gasteiger partial charge in [0.25, 0.3) is 0 Å². The van der Waals surface area contributed by atoms with E-state index in [9.17, 15) is 8.78 Å². The Morgan fingerprint density at radius 3 is 2.17 bits per heavy atom. The van der Waals surface area contributed by atoms with Gasteiger partial charge in [-0.25, -0.2) is 8.78 Å². The van der Waals surface area contributed by atoms with E-state index >= 15 is 0 Å². The lowest BCUT2D eigenvalue weighted by Crippen LogP contribution is -1.94. The quantitative estimate of drug-likeness (QED) is 0.653. The van der Waals surface area contributed by atoms with Crippen LogP contribution in [-0.4, -0.2) is 0 Å². The van der Waals surface area contributed by atoms with Gasteiger partial charge in [-0.1, -0.05) is 35.7 Å². The summed E-state index contributed by atoms with van der Waals surface area (Å²) in [4.78, 5) is 0. The zero-order valence-electron chi connectivity index (χ0n) is 10.2. The first-order valence-electron chi connectivity index (χ1n) is 5.61. The molecule has 2 aromatic carbocycles. The smallest absolute Gasteiger partial charge is 0.175 e. The Bertz CT molecular complexity index is 629. The van der Waals surface area contributed by atoms with Crippen LogP contribution < -0.4 is 0 Å². The van der Waals surface area contributed by atoms with Crippen molar-refractivity contribution < 1.29 is 8.78 Å². The number of aryl methyl sites for hydroxylation is 1. The van der Waals surface area contributed by atoms with Gasteiger partial charge in [-0.2, -0.15) is 0 Å². The second-order valence-electron chi connectivity index (χ2n) is 4.03. The van der Waals surface area contributed by atoms with Crippen LogP contribution in [0.25, 0.3) is 11.1 Å². The maximum Gasteiger partial charge on any atom is 0.175 e. The van der Waals surface area contributed by atoms with E-state index in [0.29, 0.717) is 5.56 Å². The zero-order valence-corrected chi connectivity index (χ0v) is 10.2. The van der Waals surface area contributed by atoms with Gasteiger partial charge in [0.2, 0.25) is 0 Å². The number of hydrogen-bond acceptors (Lipinski definition) is 0. The summed E-state index contributed by atoms with van der Waals surface area (Å²) in [6, 6.07) is 10.3. The largest absolute Gasteiger partial charge is 0.203 e. The van der Waals surface area contributed by atoms with Crippen LogP contribution in [0.1, 0.15) is 18.1 Å². The molecule has 0 bridgehead atoms. The number of halogens is 2. The Balaban J connectivity index is 2.55. The standard InChI is InChI=1S/C16H12F2/c1-3-4-13-9-10-14(16(18)15(13)17)12-7-5-11(2)6-8-12/h5-10H,1-2H3. The van der Waals surface area contributed by atoms with Crippen LogP contribution >= 0.6 is 0 Å². The molecule has 0 fully saturated rings. The first-order valence-corrected chi connectivity index (χ1v) is 5.61. The third-order valence-electron chi connectivity index (χ3n) is 2.70. The molecule has 0 amide bonds. The second kappa shape index (κ2) is 5.01. The van der Waals surface area contributed by atoms with Gasteiger partial charge in [0.05, 0.1) is 5.56 Å². The molecule has 2 rings (SSSR count). The third-order valence-corrected chi connectivity index (χ3v) is 2.70. The predicted octanol–water partition coefficient (Wildman–Crippen LogP) is 4.31. The predicted molar refractivity (Wildman–Crippen MR) is 69.1 cm³/mol. The van der Waals surface area contributed by atoms with E-state index in [4.69, 9.17) is 0 Å². The minimum absolute atomic E-state index is 0.0888. The molecular formula is C16H12F2. The van der Waals surface area contributed by atoms with Gasteiger partial charge >= 0.3 is 0 Å². The van der Waals surface area contributed by atoms with Crippen molar-refractivity contribution in [2.75, 3.05) is 0 Å². The second-order valence-corrected chi connectivity index (χ2v) is 4.03. The summed E-state index contributed by atoms with van der Waals surface area (Å²) in [6.07, 6.45) is 0. The fourth-order valence-corrected chi connectivity index (χ4v) is 1.74. The Morgan fingerprint density at radius 1 is 0.889 bits per heavy atom. The van der Waals surface area contributed by atoms with Crippen LogP contribution in [0.5, 0.6) is 0 Å². The van der Waals surface area contributed by atoms with Gasteiger partial charge in [-0.05, 0) is 31.5 Å². The SMILES string of the molecule is CC#Cc1ccc(-c2ccc(C)cc2)c(F)c1F. The highest BCUT2D eigenvalue weighted by Crippen LogP contribution is 2.26. The van der Waals surface area contributed by atoms with E-state index in [1.54, 1.807) is 25.1 Å². The van der Waals surface area contributed by atoms with Crippen molar-refractivity contribution in [2.45, 2.75) is 13.8 Å². The lowest BCUT2D eigenvalue weighted by Gasteiger charge is -2.06. The number of benzene rings is 2. The minimum atomic E-state index is -0.887. The molecule has 0 aromatic heterocycles. The van der Waals surface area contributed by atoms with Crippen molar-refractivity contribution >= 4 is 0 Å². The Labute approximate surface area is 105 Å². The summed E-state index contributed by atoms with van der Waals surface area (Å²) in [5.41, 5.74) is 2.08. The number of rotatable bonds is 1. The van der Waals surface area contributed by atoms with E-state index in [-0.39, 0.29) is 11.1 Å². The van der Waals surface area contributed by atoms with Gasteiger partial charge in [0.15, 0.2) is 11.6 Å². The van der Waals surface area contributed by atoms with Crippen molar-refractivity contribution in [2.24, 2.45) is 0 Å². The molecule has 2 heteroatoms. The molecule has 0 aliphatic rings. The van der Waals surface area contributed by atoms with Crippen molar-refractivity contribution in [1.29, 1.82) is 0 Å². The Kier molecular flexibility index (Phi) is 3.43. The molecular weight excluding hydrogens is 230 g/mol. The van der Waals surface area contributed by atoms with Gasteiger partial charge in [-0.3, -0.25) is 0 Å². The zero-order chi connectivity index (χ0) is 13.1. The maximum atomic E-state index is 13.9. The van der Waals surface area contributed by atoms with Gasteiger partial charge in [-0.15, -0.1) is 5.92 Å². The molecule has 2 aromatic rings. The summed E-state index contributed by atoms with van der Waals surface area (Å²) in [5, 5.41) is 0. The average molecular weight is 242 g/mol. The first kappa shape index (κ1) is 12.3. The molecule has 0 saturated carbocycles. The summed E-state index contributed by atoms with van der Waals surface area (Å²) in [5.74, 6) is 3.37. The normalized spacial score (nSPS) is 9.78. The van der Waals surface area contributed by atoms with Crippen molar-refractivity contribution in [1.82, 2.24) is 0 Å². The van der Waals surface area contributed by atoms with Crippen LogP contribution in [0.2, 0.25) is 0 Å². The van der Waals surface area contributed by atoms with Crippen LogP contribution in [0.4, 0.5) is 8.78 Å². The lowest BCUT2D eigenvalue weighted by atomic mass is 10.0. The molecule has 0 saturated heterocycles. The van der Waals surface area contributed by atoms with Gasteiger partial charge in [0.1, 0.15) is 0 Å². The van der Waals surface area contributed by atoms with E-state index in [1.165, 1.54) is 6.07 Å². The van der Waals surface area contributed by atoms with Gasteiger partial charge < -0.3 is 0 Å². The molecule has 90 valence electrons. The van der Waals surface area contributed by atoms with Crippen molar-refractivity contribution in [3.63, 3.8) is 0 Å². The Morgan fingerprint density at radius 2 is 1.56 bits per heavy atom. The highest BCUT2D eigenvalue weighted by molar-refractivity contribution is 5.65. The highest BCUT2D eigenvalue weighted by atomic mass is 19.2. The molecule has 0 aliphatic heterocycles. The van der Waals surface area contributed by atoms with Crippen LogP contribution in [0.15, 0.2) is 36.4 Å². The molecule has 0 heterocycles. The first-order chi connectivity index (χ1) is 8.63. The monoisotopic (exact) mass is 242 g/mol. The average Bonchev–Trinajstić information content (AvgIpc) is 2.37. The summed E-state index contributed by atoms with van der Waals surface area (Å²) in [6.45, 7) is 3.53. The molecule has 18 heavy (non-hydrogen) atoms. The maximum absolute atomic E-state index is 13.9.